The van der Waals surface area contributed by atoms with Crippen molar-refractivity contribution in [2.24, 2.45) is 11.5 Å². The molecule has 0 radical (unpaired) electrons. The number of hydrogen-bond donors (Lipinski definition) is 3. The molecule has 16 heavy (non-hydrogen) atoms. The maximum Gasteiger partial charge on any atom is 0.104 e. The first-order valence-electron chi connectivity index (χ1n) is 4.49. The number of thiocarbonyl (C=S) groups is 1. The highest BCUT2D eigenvalue weighted by Gasteiger charge is 2.09. The summed E-state index contributed by atoms with van der Waals surface area (Å²) in [6, 6.07) is 4.98. The second kappa shape index (κ2) is 7.04. The lowest BCUT2D eigenvalue weighted by Crippen LogP contribution is -2.28. The van der Waals surface area contributed by atoms with E-state index in [1.54, 1.807) is 12.1 Å². The Morgan fingerprint density at radius 1 is 1.50 bits per heavy atom. The van der Waals surface area contributed by atoms with Crippen LogP contribution in [-0.4, -0.2) is 22.7 Å². The van der Waals surface area contributed by atoms with Gasteiger partial charge in [-0.15, -0.1) is 12.4 Å². The fourth-order valence-corrected chi connectivity index (χ4v) is 1.67. The zero-order chi connectivity index (χ0) is 11.4. The Bertz CT molecular complexity index is 374. The lowest BCUT2D eigenvalue weighted by molar-refractivity contribution is 0.265. The molecule has 6 heteroatoms. The van der Waals surface area contributed by atoms with Gasteiger partial charge in [0.25, 0.3) is 0 Å². The van der Waals surface area contributed by atoms with E-state index in [0.29, 0.717) is 11.4 Å². The highest BCUT2D eigenvalue weighted by Crippen LogP contribution is 2.17. The van der Waals surface area contributed by atoms with Crippen molar-refractivity contribution in [3.8, 4) is 0 Å². The molecule has 1 rings (SSSR count). The third-order valence-corrected chi connectivity index (χ3v) is 2.51. The molecule has 0 amide bonds. The van der Waals surface area contributed by atoms with Gasteiger partial charge in [0, 0.05) is 16.6 Å². The molecule has 1 aromatic rings. The average molecular weight is 281 g/mol. The van der Waals surface area contributed by atoms with Crippen LogP contribution in [-0.2, 0) is 6.42 Å². The Balaban J connectivity index is 0.00000225. The quantitative estimate of drug-likeness (QED) is 0.726. The van der Waals surface area contributed by atoms with Crippen LogP contribution < -0.4 is 11.5 Å². The Labute approximate surface area is 111 Å². The van der Waals surface area contributed by atoms with Crippen LogP contribution in [0.5, 0.6) is 0 Å². The van der Waals surface area contributed by atoms with Gasteiger partial charge >= 0.3 is 0 Å². The maximum absolute atomic E-state index is 8.87. The van der Waals surface area contributed by atoms with Crippen LogP contribution >= 0.6 is 36.2 Å². The molecule has 0 aliphatic rings. The monoisotopic (exact) mass is 280 g/mol. The lowest BCUT2D eigenvalue weighted by Gasteiger charge is -2.12. The molecular formula is C10H14Cl2N2OS. The Morgan fingerprint density at radius 2 is 2.12 bits per heavy atom. The number of aliphatic hydroxyl groups excluding tert-OH is 1. The molecule has 0 unspecified atom stereocenters. The van der Waals surface area contributed by atoms with E-state index < -0.39 is 0 Å². The van der Waals surface area contributed by atoms with Gasteiger partial charge in [-0.05, 0) is 24.1 Å². The summed E-state index contributed by atoms with van der Waals surface area (Å²) in [6.07, 6.45) is 0.528. The summed E-state index contributed by atoms with van der Waals surface area (Å²) >= 11 is 10.7. The van der Waals surface area contributed by atoms with E-state index in [0.717, 1.165) is 11.1 Å². The minimum absolute atomic E-state index is 0. The first kappa shape index (κ1) is 15.6. The van der Waals surface area contributed by atoms with Crippen LogP contribution in [0.25, 0.3) is 0 Å². The molecule has 0 bridgehead atoms. The fraction of sp³-hybridized carbons (Fsp3) is 0.300. The highest BCUT2D eigenvalue weighted by molar-refractivity contribution is 7.80. The van der Waals surface area contributed by atoms with Gasteiger partial charge in [0.15, 0.2) is 0 Å². The zero-order valence-electron chi connectivity index (χ0n) is 8.52. The average Bonchev–Trinajstić information content (AvgIpc) is 2.20. The molecule has 0 aromatic heterocycles. The SMILES string of the molecule is Cl.NC(=S)c1cc(Cl)ccc1C[C@H](N)CO. The fourth-order valence-electron chi connectivity index (χ4n) is 1.30. The van der Waals surface area contributed by atoms with Crippen molar-refractivity contribution in [2.75, 3.05) is 6.61 Å². The van der Waals surface area contributed by atoms with Gasteiger partial charge in [-0.2, -0.15) is 0 Å². The van der Waals surface area contributed by atoms with E-state index in [1.807, 2.05) is 6.07 Å². The van der Waals surface area contributed by atoms with Gasteiger partial charge in [-0.25, -0.2) is 0 Å². The number of hydrogen-bond acceptors (Lipinski definition) is 3. The second-order valence-electron chi connectivity index (χ2n) is 3.31. The molecule has 0 aliphatic carbocycles. The van der Waals surface area contributed by atoms with Crippen molar-refractivity contribution in [2.45, 2.75) is 12.5 Å². The van der Waals surface area contributed by atoms with Gasteiger partial charge in [0.1, 0.15) is 4.99 Å². The summed E-state index contributed by atoms with van der Waals surface area (Å²) in [4.78, 5) is 0.289. The van der Waals surface area contributed by atoms with Gasteiger partial charge in [-0.1, -0.05) is 29.9 Å². The Hall–Kier alpha value is -0.390. The van der Waals surface area contributed by atoms with Crippen molar-refractivity contribution in [3.63, 3.8) is 0 Å². The van der Waals surface area contributed by atoms with E-state index in [9.17, 15) is 0 Å². The predicted octanol–water partition coefficient (Wildman–Crippen LogP) is 1.26. The van der Waals surface area contributed by atoms with E-state index in [2.05, 4.69) is 0 Å². The molecule has 0 aliphatic heterocycles. The summed E-state index contributed by atoms with van der Waals surface area (Å²) < 4.78 is 0. The molecule has 1 aromatic carbocycles. The molecule has 3 nitrogen and oxygen atoms in total. The Kier molecular flexibility index (Phi) is 6.87. The smallest absolute Gasteiger partial charge is 0.104 e. The molecule has 0 fully saturated rings. The highest BCUT2D eigenvalue weighted by atomic mass is 35.5. The first-order valence-corrected chi connectivity index (χ1v) is 5.28. The molecule has 0 saturated heterocycles. The third kappa shape index (κ3) is 4.23. The summed E-state index contributed by atoms with van der Waals surface area (Å²) in [5, 5.41) is 9.45. The molecule has 90 valence electrons. The van der Waals surface area contributed by atoms with E-state index in [-0.39, 0.29) is 30.0 Å². The van der Waals surface area contributed by atoms with Gasteiger partial charge in [-0.3, -0.25) is 0 Å². The number of halogens is 2. The number of aliphatic hydroxyl groups is 1. The second-order valence-corrected chi connectivity index (χ2v) is 4.19. The van der Waals surface area contributed by atoms with Gasteiger partial charge in [0.05, 0.1) is 6.61 Å². The van der Waals surface area contributed by atoms with Crippen molar-refractivity contribution in [3.05, 3.63) is 34.3 Å². The Morgan fingerprint density at radius 3 is 2.62 bits per heavy atom. The molecular weight excluding hydrogens is 267 g/mol. The first-order chi connectivity index (χ1) is 7.04. The summed E-state index contributed by atoms with van der Waals surface area (Å²) in [5.74, 6) is 0. The maximum atomic E-state index is 8.87. The lowest BCUT2D eigenvalue weighted by atomic mass is 10.0. The van der Waals surface area contributed by atoms with Crippen molar-refractivity contribution in [1.29, 1.82) is 0 Å². The summed E-state index contributed by atoms with van der Waals surface area (Å²) in [5.41, 5.74) is 12.8. The van der Waals surface area contributed by atoms with Crippen LogP contribution in [0, 0.1) is 0 Å². The van der Waals surface area contributed by atoms with E-state index >= 15 is 0 Å². The van der Waals surface area contributed by atoms with Crippen molar-refractivity contribution >= 4 is 41.2 Å². The summed E-state index contributed by atoms with van der Waals surface area (Å²) in [6.45, 7) is -0.0700. The normalized spacial score (nSPS) is 11.7. The van der Waals surface area contributed by atoms with Gasteiger partial charge in [0.2, 0.25) is 0 Å². The topological polar surface area (TPSA) is 72.3 Å². The number of nitrogens with two attached hydrogens (primary N) is 2. The van der Waals surface area contributed by atoms with E-state index in [4.69, 9.17) is 40.4 Å². The van der Waals surface area contributed by atoms with Crippen molar-refractivity contribution in [1.82, 2.24) is 0 Å². The molecule has 0 spiro atoms. The molecule has 1 atom stereocenters. The largest absolute Gasteiger partial charge is 0.395 e. The number of benzene rings is 1. The third-order valence-electron chi connectivity index (χ3n) is 2.05. The van der Waals surface area contributed by atoms with Crippen LogP contribution in [0.1, 0.15) is 11.1 Å². The van der Waals surface area contributed by atoms with Crippen LogP contribution in [0.3, 0.4) is 0 Å². The standard InChI is InChI=1S/C10H13ClN2OS.ClH/c11-7-2-1-6(3-8(12)5-14)9(4-7)10(13)15;/h1-2,4,8,14H,3,5,12H2,(H2,13,15);1H/t8-;/m0./s1. The van der Waals surface area contributed by atoms with Crippen LogP contribution in [0.15, 0.2) is 18.2 Å². The molecule has 0 saturated carbocycles. The predicted molar refractivity (Wildman–Crippen MR) is 73.4 cm³/mol. The molecule has 5 N–H and O–H groups in total. The molecule has 0 heterocycles. The van der Waals surface area contributed by atoms with E-state index in [1.165, 1.54) is 0 Å². The number of rotatable bonds is 4. The minimum atomic E-state index is -0.306. The minimum Gasteiger partial charge on any atom is -0.395 e. The van der Waals surface area contributed by atoms with Crippen LogP contribution in [0.4, 0.5) is 0 Å². The van der Waals surface area contributed by atoms with Crippen LogP contribution in [0.2, 0.25) is 5.02 Å². The summed E-state index contributed by atoms with van der Waals surface area (Å²) in [7, 11) is 0. The van der Waals surface area contributed by atoms with Gasteiger partial charge < -0.3 is 16.6 Å². The zero-order valence-corrected chi connectivity index (χ0v) is 10.9. The van der Waals surface area contributed by atoms with Crippen molar-refractivity contribution < 1.29 is 5.11 Å².